The van der Waals surface area contributed by atoms with E-state index in [1.807, 2.05) is 4.90 Å². The molecule has 2 atom stereocenters. The Balaban J connectivity index is 1.53. The van der Waals surface area contributed by atoms with Crippen LogP contribution >= 0.6 is 0 Å². The standard InChI is InChI=1S/C16H23NO3/c18-14(15-4-2-10-20-15)11-13-3-1-9-17(13)16(19)8-7-12-5-6-12/h2,4,10,12-14,18H,1,3,5-9,11H2. The molecule has 0 radical (unpaired) electrons. The molecule has 3 rings (SSSR count). The van der Waals surface area contributed by atoms with E-state index < -0.39 is 6.10 Å². The van der Waals surface area contributed by atoms with Crippen molar-refractivity contribution in [3.8, 4) is 0 Å². The summed E-state index contributed by atoms with van der Waals surface area (Å²) in [6.45, 7) is 0.846. The summed E-state index contributed by atoms with van der Waals surface area (Å²) in [6.07, 6.45) is 7.92. The molecule has 2 fully saturated rings. The molecule has 1 aromatic rings. The van der Waals surface area contributed by atoms with Crippen LogP contribution in [-0.4, -0.2) is 28.5 Å². The number of likely N-dealkylation sites (tertiary alicyclic amines) is 1. The molecule has 4 heteroatoms. The molecular weight excluding hydrogens is 254 g/mol. The average Bonchev–Trinajstić information content (AvgIpc) is 2.93. The molecule has 1 saturated carbocycles. The van der Waals surface area contributed by atoms with Gasteiger partial charge in [0, 0.05) is 25.4 Å². The number of amides is 1. The van der Waals surface area contributed by atoms with Gasteiger partial charge in [-0.3, -0.25) is 4.79 Å². The molecule has 1 amide bonds. The van der Waals surface area contributed by atoms with E-state index in [4.69, 9.17) is 4.42 Å². The topological polar surface area (TPSA) is 53.7 Å². The van der Waals surface area contributed by atoms with E-state index in [9.17, 15) is 9.90 Å². The first-order chi connectivity index (χ1) is 9.74. The zero-order valence-corrected chi connectivity index (χ0v) is 11.8. The van der Waals surface area contributed by atoms with Crippen LogP contribution < -0.4 is 0 Å². The fourth-order valence-electron chi connectivity index (χ4n) is 3.14. The van der Waals surface area contributed by atoms with Gasteiger partial charge in [0.05, 0.1) is 6.26 Å². The van der Waals surface area contributed by atoms with Crippen LogP contribution in [0.4, 0.5) is 0 Å². The summed E-state index contributed by atoms with van der Waals surface area (Å²) in [7, 11) is 0. The summed E-state index contributed by atoms with van der Waals surface area (Å²) < 4.78 is 5.24. The molecule has 1 N–H and O–H groups in total. The number of hydrogen-bond acceptors (Lipinski definition) is 3. The van der Waals surface area contributed by atoms with E-state index in [2.05, 4.69) is 0 Å². The molecule has 0 spiro atoms. The highest BCUT2D eigenvalue weighted by atomic mass is 16.4. The molecule has 0 bridgehead atoms. The molecule has 20 heavy (non-hydrogen) atoms. The zero-order valence-electron chi connectivity index (χ0n) is 11.8. The molecule has 1 saturated heterocycles. The number of rotatable bonds is 6. The van der Waals surface area contributed by atoms with Gasteiger partial charge in [0.15, 0.2) is 0 Å². The zero-order chi connectivity index (χ0) is 13.9. The quantitative estimate of drug-likeness (QED) is 0.870. The van der Waals surface area contributed by atoms with E-state index >= 15 is 0 Å². The van der Waals surface area contributed by atoms with Gasteiger partial charge in [0.25, 0.3) is 0 Å². The number of aliphatic hydroxyl groups excluding tert-OH is 1. The third-order valence-corrected chi connectivity index (χ3v) is 4.53. The van der Waals surface area contributed by atoms with Crippen molar-refractivity contribution in [2.75, 3.05) is 6.54 Å². The molecule has 2 aliphatic rings. The Morgan fingerprint density at radius 3 is 3.00 bits per heavy atom. The summed E-state index contributed by atoms with van der Waals surface area (Å²) in [5.74, 6) is 1.67. The number of hydrogen-bond donors (Lipinski definition) is 1. The van der Waals surface area contributed by atoms with E-state index in [1.165, 1.54) is 12.8 Å². The largest absolute Gasteiger partial charge is 0.467 e. The average molecular weight is 277 g/mol. The van der Waals surface area contributed by atoms with E-state index in [1.54, 1.807) is 18.4 Å². The Morgan fingerprint density at radius 2 is 2.30 bits per heavy atom. The van der Waals surface area contributed by atoms with Gasteiger partial charge in [-0.05, 0) is 37.3 Å². The monoisotopic (exact) mass is 277 g/mol. The molecule has 4 nitrogen and oxygen atoms in total. The maximum Gasteiger partial charge on any atom is 0.222 e. The molecule has 1 aliphatic heterocycles. The summed E-state index contributed by atoms with van der Waals surface area (Å²) in [6, 6.07) is 3.74. The minimum atomic E-state index is -0.605. The molecule has 1 aliphatic carbocycles. The lowest BCUT2D eigenvalue weighted by molar-refractivity contribution is -0.132. The summed E-state index contributed by atoms with van der Waals surface area (Å²) in [5, 5.41) is 10.2. The number of carbonyl (C=O) groups excluding carboxylic acids is 1. The van der Waals surface area contributed by atoms with Crippen molar-refractivity contribution in [3.05, 3.63) is 24.2 Å². The smallest absolute Gasteiger partial charge is 0.222 e. The first kappa shape index (κ1) is 13.7. The highest BCUT2D eigenvalue weighted by molar-refractivity contribution is 5.76. The van der Waals surface area contributed by atoms with Crippen molar-refractivity contribution in [1.82, 2.24) is 4.90 Å². The molecule has 2 heterocycles. The minimum absolute atomic E-state index is 0.168. The SMILES string of the molecule is O=C(CCC1CC1)N1CCCC1CC(O)c1ccco1. The number of furan rings is 1. The van der Waals surface area contributed by atoms with Crippen LogP contribution in [0.5, 0.6) is 0 Å². The lowest BCUT2D eigenvalue weighted by Crippen LogP contribution is -2.36. The first-order valence-electron chi connectivity index (χ1n) is 7.75. The van der Waals surface area contributed by atoms with Gasteiger partial charge in [-0.1, -0.05) is 12.8 Å². The second-order valence-corrected chi connectivity index (χ2v) is 6.13. The van der Waals surface area contributed by atoms with Crippen molar-refractivity contribution in [1.29, 1.82) is 0 Å². The van der Waals surface area contributed by atoms with Gasteiger partial charge in [0.1, 0.15) is 11.9 Å². The van der Waals surface area contributed by atoms with Gasteiger partial charge >= 0.3 is 0 Å². The highest BCUT2D eigenvalue weighted by Crippen LogP contribution is 2.34. The lowest BCUT2D eigenvalue weighted by Gasteiger charge is -2.26. The van der Waals surface area contributed by atoms with Crippen molar-refractivity contribution in [3.63, 3.8) is 0 Å². The second-order valence-electron chi connectivity index (χ2n) is 6.13. The van der Waals surface area contributed by atoms with Crippen LogP contribution in [-0.2, 0) is 4.79 Å². The molecule has 0 aromatic carbocycles. The van der Waals surface area contributed by atoms with Crippen molar-refractivity contribution < 1.29 is 14.3 Å². The van der Waals surface area contributed by atoms with Crippen LogP contribution in [0.25, 0.3) is 0 Å². The summed E-state index contributed by atoms with van der Waals surface area (Å²) in [5.41, 5.74) is 0. The summed E-state index contributed by atoms with van der Waals surface area (Å²) in [4.78, 5) is 14.3. The van der Waals surface area contributed by atoms with Crippen molar-refractivity contribution in [2.45, 2.75) is 57.1 Å². The second kappa shape index (κ2) is 6.00. The third kappa shape index (κ3) is 3.23. The predicted molar refractivity (Wildman–Crippen MR) is 75.0 cm³/mol. The van der Waals surface area contributed by atoms with E-state index in [-0.39, 0.29) is 11.9 Å². The van der Waals surface area contributed by atoms with Crippen molar-refractivity contribution >= 4 is 5.91 Å². The van der Waals surface area contributed by atoms with Crippen LogP contribution in [0, 0.1) is 5.92 Å². The predicted octanol–water partition coefficient (Wildman–Crippen LogP) is 2.88. The van der Waals surface area contributed by atoms with Crippen LogP contribution in [0.15, 0.2) is 22.8 Å². The Labute approximate surface area is 119 Å². The van der Waals surface area contributed by atoms with Crippen LogP contribution in [0.1, 0.15) is 56.8 Å². The van der Waals surface area contributed by atoms with Gasteiger partial charge in [0.2, 0.25) is 5.91 Å². The van der Waals surface area contributed by atoms with Crippen LogP contribution in [0.2, 0.25) is 0 Å². The van der Waals surface area contributed by atoms with Gasteiger partial charge in [-0.25, -0.2) is 0 Å². The Hall–Kier alpha value is -1.29. The third-order valence-electron chi connectivity index (χ3n) is 4.53. The number of nitrogens with zero attached hydrogens (tertiary/aromatic N) is 1. The maximum atomic E-state index is 12.3. The van der Waals surface area contributed by atoms with E-state index in [0.29, 0.717) is 18.6 Å². The number of aliphatic hydroxyl groups is 1. The lowest BCUT2D eigenvalue weighted by atomic mass is 10.0. The van der Waals surface area contributed by atoms with Gasteiger partial charge < -0.3 is 14.4 Å². The normalized spacial score (nSPS) is 24.1. The van der Waals surface area contributed by atoms with E-state index in [0.717, 1.165) is 31.7 Å². The first-order valence-corrected chi connectivity index (χ1v) is 7.75. The summed E-state index contributed by atoms with van der Waals surface area (Å²) >= 11 is 0. The fraction of sp³-hybridized carbons (Fsp3) is 0.688. The Kier molecular flexibility index (Phi) is 4.10. The molecule has 110 valence electrons. The fourth-order valence-corrected chi connectivity index (χ4v) is 3.14. The highest BCUT2D eigenvalue weighted by Gasteiger charge is 2.32. The molecular formula is C16H23NO3. The van der Waals surface area contributed by atoms with Gasteiger partial charge in [-0.2, -0.15) is 0 Å². The molecule has 2 unspecified atom stereocenters. The Bertz CT molecular complexity index is 439. The molecule has 1 aromatic heterocycles. The Morgan fingerprint density at radius 1 is 1.45 bits per heavy atom. The minimum Gasteiger partial charge on any atom is -0.467 e. The van der Waals surface area contributed by atoms with Gasteiger partial charge in [-0.15, -0.1) is 0 Å². The van der Waals surface area contributed by atoms with Crippen molar-refractivity contribution in [2.24, 2.45) is 5.92 Å². The maximum absolute atomic E-state index is 12.3. The van der Waals surface area contributed by atoms with Crippen LogP contribution in [0.3, 0.4) is 0 Å². The number of carbonyl (C=O) groups is 1.